The molecule has 0 spiro atoms. The molecular weight excluding hydrogens is 262 g/mol. The lowest BCUT2D eigenvalue weighted by molar-refractivity contribution is -0.116. The molecule has 0 aliphatic heterocycles. The predicted molar refractivity (Wildman–Crippen MR) is 84.1 cm³/mol. The molecule has 4 heteroatoms. The van der Waals surface area contributed by atoms with E-state index in [1.165, 1.54) is 0 Å². The van der Waals surface area contributed by atoms with Crippen LogP contribution >= 0.6 is 0 Å². The molecule has 0 aliphatic rings. The van der Waals surface area contributed by atoms with Crippen molar-refractivity contribution in [3.8, 4) is 6.07 Å². The van der Waals surface area contributed by atoms with Gasteiger partial charge in [0.2, 0.25) is 5.91 Å². The Labute approximate surface area is 124 Å². The molecule has 2 aromatic carbocycles. The van der Waals surface area contributed by atoms with Crippen molar-refractivity contribution in [2.45, 2.75) is 19.9 Å². The van der Waals surface area contributed by atoms with Gasteiger partial charge in [-0.25, -0.2) is 0 Å². The number of hydrogen-bond donors (Lipinski definition) is 2. The van der Waals surface area contributed by atoms with Crippen LogP contribution in [0.3, 0.4) is 0 Å². The van der Waals surface area contributed by atoms with Crippen LogP contribution in [-0.4, -0.2) is 11.9 Å². The van der Waals surface area contributed by atoms with Crippen LogP contribution in [-0.2, 0) is 4.79 Å². The van der Waals surface area contributed by atoms with Gasteiger partial charge in [0, 0.05) is 5.69 Å². The van der Waals surface area contributed by atoms with Crippen LogP contribution in [0.2, 0.25) is 0 Å². The maximum atomic E-state index is 12.1. The van der Waals surface area contributed by atoms with E-state index in [1.807, 2.05) is 37.3 Å². The van der Waals surface area contributed by atoms with E-state index >= 15 is 0 Å². The van der Waals surface area contributed by atoms with Gasteiger partial charge in [-0.2, -0.15) is 5.26 Å². The Bertz CT molecular complexity index is 671. The van der Waals surface area contributed by atoms with Crippen molar-refractivity contribution in [3.05, 3.63) is 59.7 Å². The van der Waals surface area contributed by atoms with E-state index < -0.39 is 6.04 Å². The van der Waals surface area contributed by atoms with Crippen molar-refractivity contribution < 1.29 is 4.79 Å². The summed E-state index contributed by atoms with van der Waals surface area (Å²) >= 11 is 0. The number of carbonyl (C=O) groups excluding carboxylic acids is 1. The van der Waals surface area contributed by atoms with E-state index in [9.17, 15) is 4.79 Å². The predicted octanol–water partition coefficient (Wildman–Crippen LogP) is 3.31. The first-order chi connectivity index (χ1) is 10.1. The average Bonchev–Trinajstić information content (AvgIpc) is 2.50. The molecule has 0 heterocycles. The fourth-order valence-corrected chi connectivity index (χ4v) is 1.89. The first-order valence-electron chi connectivity index (χ1n) is 6.73. The third kappa shape index (κ3) is 3.83. The van der Waals surface area contributed by atoms with Crippen molar-refractivity contribution in [2.24, 2.45) is 0 Å². The van der Waals surface area contributed by atoms with Crippen molar-refractivity contribution in [1.82, 2.24) is 0 Å². The average molecular weight is 279 g/mol. The number of nitrogens with zero attached hydrogens (tertiary/aromatic N) is 1. The fourth-order valence-electron chi connectivity index (χ4n) is 1.89. The van der Waals surface area contributed by atoms with Crippen LogP contribution in [0.5, 0.6) is 0 Å². The molecule has 0 saturated carbocycles. The van der Waals surface area contributed by atoms with Crippen LogP contribution in [0.4, 0.5) is 11.4 Å². The Morgan fingerprint density at radius 2 is 1.81 bits per heavy atom. The normalized spacial score (nSPS) is 11.3. The lowest BCUT2D eigenvalue weighted by Crippen LogP contribution is -2.32. The Morgan fingerprint density at radius 1 is 1.14 bits per heavy atom. The molecule has 0 radical (unpaired) electrons. The summed E-state index contributed by atoms with van der Waals surface area (Å²) in [5, 5.41) is 14.9. The molecule has 2 rings (SSSR count). The summed E-state index contributed by atoms with van der Waals surface area (Å²) in [5.41, 5.74) is 3.08. The highest BCUT2D eigenvalue weighted by atomic mass is 16.2. The SMILES string of the molecule is Cc1ccc(NC(=O)C(C)Nc2ccccc2C#N)cc1. The zero-order valence-corrected chi connectivity index (χ0v) is 12.1. The highest BCUT2D eigenvalue weighted by Gasteiger charge is 2.14. The third-order valence-electron chi connectivity index (χ3n) is 3.13. The van der Waals surface area contributed by atoms with Gasteiger partial charge in [0.1, 0.15) is 12.1 Å². The van der Waals surface area contributed by atoms with E-state index in [2.05, 4.69) is 16.7 Å². The highest BCUT2D eigenvalue weighted by molar-refractivity contribution is 5.96. The number of amides is 1. The largest absolute Gasteiger partial charge is 0.373 e. The zero-order valence-electron chi connectivity index (χ0n) is 12.1. The quantitative estimate of drug-likeness (QED) is 0.902. The molecule has 0 saturated heterocycles. The summed E-state index contributed by atoms with van der Waals surface area (Å²) in [6.07, 6.45) is 0. The van der Waals surface area contributed by atoms with Crippen molar-refractivity contribution in [1.29, 1.82) is 5.26 Å². The Balaban J connectivity index is 2.03. The molecule has 2 aromatic rings. The van der Waals surface area contributed by atoms with Gasteiger partial charge in [0.15, 0.2) is 0 Å². The molecule has 21 heavy (non-hydrogen) atoms. The van der Waals surface area contributed by atoms with E-state index in [0.29, 0.717) is 11.3 Å². The minimum atomic E-state index is -0.444. The third-order valence-corrected chi connectivity index (χ3v) is 3.13. The standard InChI is InChI=1S/C17H17N3O/c1-12-7-9-15(10-8-12)20-17(21)13(2)19-16-6-4-3-5-14(16)11-18/h3-10,13,19H,1-2H3,(H,20,21). The second-order valence-electron chi connectivity index (χ2n) is 4.88. The summed E-state index contributed by atoms with van der Waals surface area (Å²) in [7, 11) is 0. The van der Waals surface area contributed by atoms with Crippen LogP contribution in [0.15, 0.2) is 48.5 Å². The lowest BCUT2D eigenvalue weighted by Gasteiger charge is -2.16. The molecule has 0 aliphatic carbocycles. The van der Waals surface area contributed by atoms with E-state index in [-0.39, 0.29) is 5.91 Å². The van der Waals surface area contributed by atoms with Gasteiger partial charge in [0.05, 0.1) is 11.3 Å². The van der Waals surface area contributed by atoms with Crippen molar-refractivity contribution in [2.75, 3.05) is 10.6 Å². The summed E-state index contributed by atoms with van der Waals surface area (Å²) < 4.78 is 0. The molecule has 1 amide bonds. The molecule has 0 fully saturated rings. The van der Waals surface area contributed by atoms with Gasteiger partial charge in [-0.1, -0.05) is 29.8 Å². The number of carbonyl (C=O) groups is 1. The van der Waals surface area contributed by atoms with Crippen LogP contribution < -0.4 is 10.6 Å². The molecule has 1 unspecified atom stereocenters. The summed E-state index contributed by atoms with van der Waals surface area (Å²) in [6.45, 7) is 3.76. The first-order valence-corrected chi connectivity index (χ1v) is 6.73. The smallest absolute Gasteiger partial charge is 0.246 e. The van der Waals surface area contributed by atoms with Gasteiger partial charge in [-0.05, 0) is 38.1 Å². The molecule has 2 N–H and O–H groups in total. The number of anilines is 2. The number of para-hydroxylation sites is 1. The van der Waals surface area contributed by atoms with Crippen LogP contribution in [0.1, 0.15) is 18.1 Å². The summed E-state index contributed by atoms with van der Waals surface area (Å²) in [4.78, 5) is 12.1. The number of hydrogen-bond acceptors (Lipinski definition) is 3. The van der Waals surface area contributed by atoms with E-state index in [0.717, 1.165) is 11.3 Å². The topological polar surface area (TPSA) is 64.9 Å². The Morgan fingerprint density at radius 3 is 2.48 bits per heavy atom. The molecule has 0 bridgehead atoms. The maximum Gasteiger partial charge on any atom is 0.246 e. The van der Waals surface area contributed by atoms with Crippen LogP contribution in [0, 0.1) is 18.3 Å². The van der Waals surface area contributed by atoms with Crippen molar-refractivity contribution in [3.63, 3.8) is 0 Å². The summed E-state index contributed by atoms with van der Waals surface area (Å²) in [6, 6.07) is 16.4. The molecule has 1 atom stereocenters. The fraction of sp³-hybridized carbons (Fsp3) is 0.176. The number of nitrogens with one attached hydrogen (secondary N) is 2. The molecule has 4 nitrogen and oxygen atoms in total. The van der Waals surface area contributed by atoms with Crippen molar-refractivity contribution >= 4 is 17.3 Å². The lowest BCUT2D eigenvalue weighted by atomic mass is 10.1. The number of benzene rings is 2. The number of aryl methyl sites for hydroxylation is 1. The maximum absolute atomic E-state index is 12.1. The zero-order chi connectivity index (χ0) is 15.2. The van der Waals surface area contributed by atoms with Gasteiger partial charge in [0.25, 0.3) is 0 Å². The summed E-state index contributed by atoms with van der Waals surface area (Å²) in [5.74, 6) is -0.147. The van der Waals surface area contributed by atoms with Gasteiger partial charge in [-0.3, -0.25) is 4.79 Å². The number of rotatable bonds is 4. The Kier molecular flexibility index (Phi) is 4.57. The number of nitriles is 1. The van der Waals surface area contributed by atoms with E-state index in [4.69, 9.17) is 5.26 Å². The minimum absolute atomic E-state index is 0.147. The first kappa shape index (κ1) is 14.6. The molecule has 106 valence electrons. The van der Waals surface area contributed by atoms with Gasteiger partial charge in [-0.15, -0.1) is 0 Å². The van der Waals surface area contributed by atoms with Gasteiger partial charge < -0.3 is 10.6 Å². The second kappa shape index (κ2) is 6.58. The Hall–Kier alpha value is -2.80. The van der Waals surface area contributed by atoms with Gasteiger partial charge >= 0.3 is 0 Å². The second-order valence-corrected chi connectivity index (χ2v) is 4.88. The molecular formula is C17H17N3O. The monoisotopic (exact) mass is 279 g/mol. The molecule has 0 aromatic heterocycles. The minimum Gasteiger partial charge on any atom is -0.373 e. The highest BCUT2D eigenvalue weighted by Crippen LogP contribution is 2.15. The van der Waals surface area contributed by atoms with E-state index in [1.54, 1.807) is 25.1 Å². The van der Waals surface area contributed by atoms with Crippen LogP contribution in [0.25, 0.3) is 0 Å².